The zero-order valence-electron chi connectivity index (χ0n) is 39.0. The molecule has 0 unspecified atom stereocenters. The van der Waals surface area contributed by atoms with Gasteiger partial charge in [0.2, 0.25) is 0 Å². The van der Waals surface area contributed by atoms with Crippen molar-refractivity contribution >= 4 is 22.8 Å². The van der Waals surface area contributed by atoms with Gasteiger partial charge in [-0.15, -0.1) is 0 Å². The fraction of sp³-hybridized carbons (Fsp3) is 0.345. The average molecular weight is 892 g/mol. The number of nitrogens with zero attached hydrogens (tertiary/aromatic N) is 1. The van der Waals surface area contributed by atoms with Crippen LogP contribution in [0.15, 0.2) is 170 Å². The fourth-order valence-corrected chi connectivity index (χ4v) is 9.31. The molecular formula is C58H67ClN2O4. The van der Waals surface area contributed by atoms with E-state index in [-0.39, 0.29) is 28.6 Å². The van der Waals surface area contributed by atoms with Gasteiger partial charge >= 0.3 is 0 Å². The molecule has 2 aliphatic heterocycles. The van der Waals surface area contributed by atoms with Crippen LogP contribution in [0.25, 0.3) is 0 Å². The second-order valence-electron chi connectivity index (χ2n) is 19.5. The SMILES string of the molecule is CC(C)(C)c1ccc(C(=O)Cl)cc1.CC(C)(C)c1ccc(C(=O)N2CCC(C(O)(c3ccccc3)c3ccccc3)CC2)cc1.OC(c1ccccc1)(c1ccccc1)C1CCNCC1. The van der Waals surface area contributed by atoms with Crippen LogP contribution in [-0.4, -0.2) is 52.4 Å². The summed E-state index contributed by atoms with van der Waals surface area (Å²) in [5.74, 6) is 0.375. The van der Waals surface area contributed by atoms with Crippen molar-refractivity contribution in [1.29, 1.82) is 0 Å². The summed E-state index contributed by atoms with van der Waals surface area (Å²) >= 11 is 5.33. The number of carbonyl (C=O) groups excluding carboxylic acids is 2. The first kappa shape index (κ1) is 49.1. The van der Waals surface area contributed by atoms with Gasteiger partial charge in [0.25, 0.3) is 11.1 Å². The highest BCUT2D eigenvalue weighted by Gasteiger charge is 2.43. The predicted octanol–water partition coefficient (Wildman–Crippen LogP) is 12.1. The standard InChI is InChI=1S/C29H33NO2.C18H21NO.C11H13ClO/c1-28(2,3)23-16-14-22(15-17-23)27(31)30-20-18-26(19-21-30)29(32,24-10-6-4-7-11-24)25-12-8-5-9-13-25;20-18(15-7-3-1-4-8-15,16-9-5-2-6-10-16)17-11-13-19-14-12-17;1-11(2,3)9-6-4-8(5-7-9)10(12)13/h4-17,26,32H,18-21H2,1-3H3;1-10,17,19-20H,11-14H2;4-7H,1-3H3. The Morgan fingerprint density at radius 2 is 0.769 bits per heavy atom. The molecule has 2 heterocycles. The van der Waals surface area contributed by atoms with Crippen molar-refractivity contribution in [2.45, 2.75) is 89.3 Å². The number of aliphatic hydroxyl groups is 2. The van der Waals surface area contributed by atoms with Crippen molar-refractivity contribution in [3.8, 4) is 0 Å². The molecule has 0 aromatic heterocycles. The quantitative estimate of drug-likeness (QED) is 0.132. The van der Waals surface area contributed by atoms with E-state index in [2.05, 4.69) is 59.0 Å². The summed E-state index contributed by atoms with van der Waals surface area (Å²) in [6.07, 6.45) is 3.51. The van der Waals surface area contributed by atoms with Gasteiger partial charge in [0.05, 0.1) is 0 Å². The summed E-state index contributed by atoms with van der Waals surface area (Å²) in [7, 11) is 0. The Bertz CT molecular complexity index is 2300. The van der Waals surface area contributed by atoms with Gasteiger partial charge in [-0.25, -0.2) is 0 Å². The number of rotatable bonds is 8. The van der Waals surface area contributed by atoms with Crippen LogP contribution < -0.4 is 5.32 Å². The lowest BCUT2D eigenvalue weighted by Gasteiger charge is -2.42. The highest BCUT2D eigenvalue weighted by atomic mass is 35.5. The van der Waals surface area contributed by atoms with E-state index in [9.17, 15) is 19.8 Å². The Morgan fingerprint density at radius 3 is 1.08 bits per heavy atom. The zero-order chi connectivity index (χ0) is 46.7. The molecule has 65 heavy (non-hydrogen) atoms. The molecule has 0 radical (unpaired) electrons. The van der Waals surface area contributed by atoms with Crippen molar-refractivity contribution in [3.63, 3.8) is 0 Å². The molecule has 0 saturated carbocycles. The maximum atomic E-state index is 13.1. The molecule has 2 saturated heterocycles. The van der Waals surface area contributed by atoms with Crippen molar-refractivity contribution in [1.82, 2.24) is 10.2 Å². The minimum Gasteiger partial charge on any atom is -0.380 e. The van der Waals surface area contributed by atoms with E-state index in [1.54, 1.807) is 12.1 Å². The van der Waals surface area contributed by atoms with Crippen LogP contribution >= 0.6 is 11.6 Å². The van der Waals surface area contributed by atoms with Gasteiger partial charge in [0.15, 0.2) is 0 Å². The first-order chi connectivity index (χ1) is 31.0. The number of amides is 1. The highest BCUT2D eigenvalue weighted by molar-refractivity contribution is 6.67. The summed E-state index contributed by atoms with van der Waals surface area (Å²) in [6, 6.07) is 55.4. The number of hydrogen-bond donors (Lipinski definition) is 3. The van der Waals surface area contributed by atoms with Crippen LogP contribution in [0.4, 0.5) is 0 Å². The Labute approximate surface area is 392 Å². The third-order valence-corrected chi connectivity index (χ3v) is 13.4. The molecule has 2 aliphatic rings. The number of nitrogens with one attached hydrogen (secondary N) is 1. The largest absolute Gasteiger partial charge is 0.380 e. The maximum Gasteiger partial charge on any atom is 0.253 e. The van der Waals surface area contributed by atoms with Gasteiger partial charge in [-0.1, -0.05) is 187 Å². The summed E-state index contributed by atoms with van der Waals surface area (Å²) in [5, 5.41) is 26.6. The molecule has 1 amide bonds. The lowest BCUT2D eigenvalue weighted by molar-refractivity contribution is -0.0122. The van der Waals surface area contributed by atoms with Crippen LogP contribution in [0.2, 0.25) is 0 Å². The van der Waals surface area contributed by atoms with E-state index in [0.29, 0.717) is 18.7 Å². The van der Waals surface area contributed by atoms with Crippen LogP contribution in [0.1, 0.15) is 121 Å². The van der Waals surface area contributed by atoms with E-state index < -0.39 is 16.4 Å². The molecule has 340 valence electrons. The number of likely N-dealkylation sites (tertiary alicyclic amines) is 1. The molecule has 3 N–H and O–H groups in total. The van der Waals surface area contributed by atoms with Crippen molar-refractivity contribution in [2.75, 3.05) is 26.2 Å². The minimum atomic E-state index is -1.06. The second-order valence-corrected chi connectivity index (χ2v) is 19.9. The molecule has 6 aromatic carbocycles. The Hall–Kier alpha value is -5.37. The Morgan fingerprint density at radius 1 is 0.462 bits per heavy atom. The summed E-state index contributed by atoms with van der Waals surface area (Å²) in [4.78, 5) is 25.8. The monoisotopic (exact) mass is 890 g/mol. The Balaban J connectivity index is 0.000000180. The summed E-state index contributed by atoms with van der Waals surface area (Å²) in [5.41, 5.74) is 5.77. The van der Waals surface area contributed by atoms with Crippen LogP contribution in [-0.2, 0) is 22.0 Å². The zero-order valence-corrected chi connectivity index (χ0v) is 39.8. The molecule has 6 aromatic rings. The first-order valence-corrected chi connectivity index (χ1v) is 23.5. The maximum absolute atomic E-state index is 13.1. The molecule has 2 fully saturated rings. The lowest BCUT2D eigenvalue weighted by Crippen LogP contribution is -2.46. The van der Waals surface area contributed by atoms with Gasteiger partial charge in [-0.2, -0.15) is 0 Å². The molecule has 8 rings (SSSR count). The smallest absolute Gasteiger partial charge is 0.253 e. The second kappa shape index (κ2) is 21.7. The molecule has 0 aliphatic carbocycles. The van der Waals surface area contributed by atoms with Crippen LogP contribution in [0.5, 0.6) is 0 Å². The molecular weight excluding hydrogens is 824 g/mol. The van der Waals surface area contributed by atoms with Crippen LogP contribution in [0.3, 0.4) is 0 Å². The van der Waals surface area contributed by atoms with Gasteiger partial charge in [-0.3, -0.25) is 9.59 Å². The van der Waals surface area contributed by atoms with Crippen LogP contribution in [0, 0.1) is 11.8 Å². The topological polar surface area (TPSA) is 89.9 Å². The predicted molar refractivity (Wildman–Crippen MR) is 266 cm³/mol. The van der Waals surface area contributed by atoms with E-state index in [1.165, 1.54) is 11.1 Å². The fourth-order valence-electron chi connectivity index (χ4n) is 9.18. The van der Waals surface area contributed by atoms with Crippen molar-refractivity contribution in [3.05, 3.63) is 214 Å². The number of hydrogen-bond acceptors (Lipinski definition) is 5. The minimum absolute atomic E-state index is 0.0413. The highest BCUT2D eigenvalue weighted by Crippen LogP contribution is 2.43. The number of piperidine rings is 2. The lowest BCUT2D eigenvalue weighted by atomic mass is 9.72. The van der Waals surface area contributed by atoms with Gasteiger partial charge < -0.3 is 20.4 Å². The van der Waals surface area contributed by atoms with Crippen molar-refractivity contribution < 1.29 is 19.8 Å². The molecule has 0 spiro atoms. The van der Waals surface area contributed by atoms with E-state index in [0.717, 1.165) is 66.6 Å². The molecule has 0 bridgehead atoms. The van der Waals surface area contributed by atoms with Crippen molar-refractivity contribution in [2.24, 2.45) is 11.8 Å². The van der Waals surface area contributed by atoms with E-state index in [1.807, 2.05) is 150 Å². The van der Waals surface area contributed by atoms with E-state index in [4.69, 9.17) is 11.6 Å². The summed E-state index contributed by atoms with van der Waals surface area (Å²) in [6.45, 7) is 16.2. The molecule has 6 nitrogen and oxygen atoms in total. The van der Waals surface area contributed by atoms with E-state index >= 15 is 0 Å². The van der Waals surface area contributed by atoms with Gasteiger partial charge in [0, 0.05) is 24.2 Å². The molecule has 0 atom stereocenters. The Kier molecular flexibility index (Phi) is 16.4. The number of benzene rings is 6. The summed E-state index contributed by atoms with van der Waals surface area (Å²) < 4.78 is 0. The first-order valence-electron chi connectivity index (χ1n) is 23.1. The van der Waals surface area contributed by atoms with Gasteiger partial charge in [0.1, 0.15) is 11.2 Å². The normalized spacial score (nSPS) is 15.2. The third-order valence-electron chi connectivity index (χ3n) is 13.1. The van der Waals surface area contributed by atoms with Gasteiger partial charge in [-0.05, 0) is 131 Å². The third kappa shape index (κ3) is 12.1. The molecule has 7 heteroatoms. The number of carbonyl (C=O) groups is 2. The number of halogens is 1. The average Bonchev–Trinajstić information content (AvgIpc) is 3.34.